The average Bonchev–Trinajstić information content (AvgIpc) is 2.38. The van der Waals surface area contributed by atoms with Crippen LogP contribution in [-0.4, -0.2) is 25.7 Å². The Morgan fingerprint density at radius 1 is 1.37 bits per heavy atom. The number of anilines is 2. The lowest BCUT2D eigenvalue weighted by molar-refractivity contribution is 0.0527. The van der Waals surface area contributed by atoms with Gasteiger partial charge in [-0.15, -0.1) is 0 Å². The van der Waals surface area contributed by atoms with E-state index in [1.807, 2.05) is 12.1 Å². The Kier molecular flexibility index (Phi) is 5.18. The molecule has 6 nitrogen and oxygen atoms in total. The van der Waals surface area contributed by atoms with Crippen LogP contribution in [-0.2, 0) is 4.74 Å². The van der Waals surface area contributed by atoms with Gasteiger partial charge in [0.2, 0.25) is 0 Å². The highest BCUT2D eigenvalue weighted by molar-refractivity contribution is 5.99. The van der Waals surface area contributed by atoms with Crippen molar-refractivity contribution in [3.8, 4) is 12.1 Å². The third kappa shape index (κ3) is 3.36. The number of carbonyl (C=O) groups is 1. The summed E-state index contributed by atoms with van der Waals surface area (Å²) in [7, 11) is 0. The number of nitrogen functional groups attached to an aromatic ring is 1. The molecule has 0 bridgehead atoms. The molecule has 0 saturated heterocycles. The molecule has 1 rings (SSSR count). The van der Waals surface area contributed by atoms with Gasteiger partial charge in [-0.25, -0.2) is 4.79 Å². The van der Waals surface area contributed by atoms with Gasteiger partial charge in [0.1, 0.15) is 13.1 Å². The smallest absolute Gasteiger partial charge is 0.340 e. The quantitative estimate of drug-likeness (QED) is 0.485. The highest BCUT2D eigenvalue weighted by Gasteiger charge is 2.19. The highest BCUT2D eigenvalue weighted by atomic mass is 16.5. The first-order chi connectivity index (χ1) is 9.15. The number of nitriles is 2. The Bertz CT molecular complexity index is 527. The Balaban J connectivity index is 3.27. The molecule has 0 amide bonds. The van der Waals surface area contributed by atoms with Crippen molar-refractivity contribution in [3.63, 3.8) is 0 Å². The minimum Gasteiger partial charge on any atom is -0.462 e. The third-order valence-corrected chi connectivity index (χ3v) is 2.40. The van der Waals surface area contributed by atoms with E-state index < -0.39 is 5.97 Å². The zero-order valence-corrected chi connectivity index (χ0v) is 10.6. The standard InChI is InChI=1S/C13H14N4O2/c1-2-19-13(18)10-4-3-5-11(16)12(10)17(8-6-14)9-7-15/h3-5H,2,8-9,16H2,1H3. The van der Waals surface area contributed by atoms with E-state index in [0.29, 0.717) is 11.4 Å². The maximum absolute atomic E-state index is 11.9. The summed E-state index contributed by atoms with van der Waals surface area (Å²) in [4.78, 5) is 13.3. The lowest BCUT2D eigenvalue weighted by Crippen LogP contribution is -2.27. The second-order valence-electron chi connectivity index (χ2n) is 3.64. The first kappa shape index (κ1) is 14.3. The molecule has 0 unspecified atom stereocenters. The van der Waals surface area contributed by atoms with Gasteiger partial charge in [0, 0.05) is 0 Å². The zero-order chi connectivity index (χ0) is 14.3. The summed E-state index contributed by atoms with van der Waals surface area (Å²) in [6.07, 6.45) is 0. The fourth-order valence-electron chi connectivity index (χ4n) is 1.67. The largest absolute Gasteiger partial charge is 0.462 e. The predicted octanol–water partition coefficient (Wildman–Crippen LogP) is 1.30. The van der Waals surface area contributed by atoms with E-state index in [2.05, 4.69) is 0 Å². The van der Waals surface area contributed by atoms with Crippen LogP contribution in [0.5, 0.6) is 0 Å². The number of rotatable bonds is 5. The second-order valence-corrected chi connectivity index (χ2v) is 3.64. The van der Waals surface area contributed by atoms with Crippen molar-refractivity contribution in [1.29, 1.82) is 10.5 Å². The van der Waals surface area contributed by atoms with Gasteiger partial charge >= 0.3 is 5.97 Å². The highest BCUT2D eigenvalue weighted by Crippen LogP contribution is 2.28. The summed E-state index contributed by atoms with van der Waals surface area (Å²) in [6.45, 7) is 1.87. The van der Waals surface area contributed by atoms with Crippen LogP contribution in [0, 0.1) is 22.7 Å². The van der Waals surface area contributed by atoms with Crippen LogP contribution in [0.4, 0.5) is 11.4 Å². The number of nitrogens with zero attached hydrogens (tertiary/aromatic N) is 3. The van der Waals surface area contributed by atoms with Crippen LogP contribution in [0.1, 0.15) is 17.3 Å². The fraction of sp³-hybridized carbons (Fsp3) is 0.308. The predicted molar refractivity (Wildman–Crippen MR) is 70.2 cm³/mol. The zero-order valence-electron chi connectivity index (χ0n) is 10.6. The van der Waals surface area contributed by atoms with Gasteiger partial charge in [0.05, 0.1) is 35.7 Å². The molecule has 0 spiro atoms. The van der Waals surface area contributed by atoms with Crippen molar-refractivity contribution in [2.75, 3.05) is 30.3 Å². The van der Waals surface area contributed by atoms with Gasteiger partial charge < -0.3 is 15.4 Å². The van der Waals surface area contributed by atoms with Crippen molar-refractivity contribution in [3.05, 3.63) is 23.8 Å². The van der Waals surface area contributed by atoms with Gasteiger partial charge in [-0.3, -0.25) is 0 Å². The normalized spacial score (nSPS) is 9.21. The van der Waals surface area contributed by atoms with Gasteiger partial charge in [-0.2, -0.15) is 10.5 Å². The number of hydrogen-bond acceptors (Lipinski definition) is 6. The molecule has 1 aromatic carbocycles. The van der Waals surface area contributed by atoms with E-state index in [0.717, 1.165) is 0 Å². The number of para-hydroxylation sites is 1. The summed E-state index contributed by atoms with van der Waals surface area (Å²) >= 11 is 0. The number of ether oxygens (including phenoxy) is 1. The number of esters is 1. The molecule has 0 saturated carbocycles. The van der Waals surface area contributed by atoms with E-state index in [4.69, 9.17) is 21.0 Å². The Hall–Kier alpha value is -2.73. The van der Waals surface area contributed by atoms with E-state index in [-0.39, 0.29) is 25.3 Å². The molecule has 0 aliphatic heterocycles. The molecule has 98 valence electrons. The van der Waals surface area contributed by atoms with Gasteiger partial charge in [0.25, 0.3) is 0 Å². The molecular formula is C13H14N4O2. The minimum atomic E-state index is -0.523. The van der Waals surface area contributed by atoms with Crippen LogP contribution < -0.4 is 10.6 Å². The van der Waals surface area contributed by atoms with Crippen molar-refractivity contribution < 1.29 is 9.53 Å². The number of carbonyl (C=O) groups excluding carboxylic acids is 1. The van der Waals surface area contributed by atoms with Crippen LogP contribution in [0.3, 0.4) is 0 Å². The van der Waals surface area contributed by atoms with Crippen LogP contribution >= 0.6 is 0 Å². The molecule has 6 heteroatoms. The van der Waals surface area contributed by atoms with E-state index in [1.54, 1.807) is 25.1 Å². The van der Waals surface area contributed by atoms with Crippen molar-refractivity contribution in [2.24, 2.45) is 0 Å². The number of benzene rings is 1. The van der Waals surface area contributed by atoms with E-state index in [9.17, 15) is 4.79 Å². The molecule has 0 aliphatic carbocycles. The lowest BCUT2D eigenvalue weighted by atomic mass is 10.1. The van der Waals surface area contributed by atoms with E-state index >= 15 is 0 Å². The lowest BCUT2D eigenvalue weighted by Gasteiger charge is -2.22. The molecule has 2 N–H and O–H groups in total. The minimum absolute atomic E-state index is 0.0336. The van der Waals surface area contributed by atoms with Crippen molar-refractivity contribution in [2.45, 2.75) is 6.92 Å². The Labute approximate surface area is 111 Å². The molecular weight excluding hydrogens is 244 g/mol. The fourth-order valence-corrected chi connectivity index (χ4v) is 1.67. The maximum atomic E-state index is 11.9. The summed E-state index contributed by atoms with van der Waals surface area (Å²) in [5.74, 6) is -0.523. The summed E-state index contributed by atoms with van der Waals surface area (Å²) < 4.78 is 4.94. The Morgan fingerprint density at radius 2 is 2.00 bits per heavy atom. The topological polar surface area (TPSA) is 103 Å². The van der Waals surface area contributed by atoms with E-state index in [1.165, 1.54) is 4.90 Å². The maximum Gasteiger partial charge on any atom is 0.340 e. The molecule has 0 aliphatic rings. The second kappa shape index (κ2) is 6.87. The van der Waals surface area contributed by atoms with Gasteiger partial charge in [-0.05, 0) is 19.1 Å². The molecule has 0 radical (unpaired) electrons. The summed E-state index contributed by atoms with van der Waals surface area (Å²) in [5, 5.41) is 17.6. The van der Waals surface area contributed by atoms with Gasteiger partial charge in [0.15, 0.2) is 0 Å². The van der Waals surface area contributed by atoms with Crippen molar-refractivity contribution in [1.82, 2.24) is 0 Å². The first-order valence-electron chi connectivity index (χ1n) is 5.70. The van der Waals surface area contributed by atoms with Crippen LogP contribution in [0.25, 0.3) is 0 Å². The first-order valence-corrected chi connectivity index (χ1v) is 5.70. The molecule has 0 heterocycles. The molecule has 0 aromatic heterocycles. The summed E-state index contributed by atoms with van der Waals surface area (Å²) in [6, 6.07) is 8.69. The van der Waals surface area contributed by atoms with Crippen LogP contribution in [0.15, 0.2) is 18.2 Å². The molecule has 19 heavy (non-hydrogen) atoms. The third-order valence-electron chi connectivity index (χ3n) is 2.40. The van der Waals surface area contributed by atoms with Gasteiger partial charge in [-0.1, -0.05) is 6.07 Å². The SMILES string of the molecule is CCOC(=O)c1cccc(N)c1N(CC#N)CC#N. The molecule has 1 aromatic rings. The average molecular weight is 258 g/mol. The molecule has 0 fully saturated rings. The molecule has 0 atom stereocenters. The van der Waals surface area contributed by atoms with Crippen molar-refractivity contribution >= 4 is 17.3 Å². The Morgan fingerprint density at radius 3 is 2.53 bits per heavy atom. The summed E-state index contributed by atoms with van der Waals surface area (Å²) in [5.41, 5.74) is 6.80. The number of hydrogen-bond donors (Lipinski definition) is 1. The monoisotopic (exact) mass is 258 g/mol. The van der Waals surface area contributed by atoms with Crippen LogP contribution in [0.2, 0.25) is 0 Å². The number of nitrogens with two attached hydrogens (primary N) is 1.